The molecule has 2 atom stereocenters. The molecule has 0 bridgehead atoms. The molecule has 0 saturated carbocycles. The van der Waals surface area contributed by atoms with Gasteiger partial charge in [-0.25, -0.2) is 0 Å². The van der Waals surface area contributed by atoms with Gasteiger partial charge in [-0.05, 0) is 48.7 Å². The van der Waals surface area contributed by atoms with Gasteiger partial charge in [0.2, 0.25) is 0 Å². The molecule has 0 fully saturated rings. The molecule has 0 unspecified atom stereocenters. The molecule has 2 heterocycles. The number of rotatable bonds is 5. The Balaban J connectivity index is 1.64. The smallest absolute Gasteiger partial charge is 0.188 e. The predicted molar refractivity (Wildman–Crippen MR) is 104 cm³/mol. The summed E-state index contributed by atoms with van der Waals surface area (Å²) < 4.78 is 11.8. The highest BCUT2D eigenvalue weighted by Crippen LogP contribution is 2.44. The monoisotopic (exact) mass is 350 g/mol. The fourth-order valence-electron chi connectivity index (χ4n) is 3.75. The lowest BCUT2D eigenvalue weighted by atomic mass is 9.95. The number of fused-ring (bicyclic) bond motifs is 3. The van der Waals surface area contributed by atoms with Crippen molar-refractivity contribution in [2.75, 3.05) is 6.61 Å². The van der Waals surface area contributed by atoms with Gasteiger partial charge in [0.15, 0.2) is 6.23 Å². The number of benzene rings is 2. The van der Waals surface area contributed by atoms with Gasteiger partial charge in [0.25, 0.3) is 0 Å². The van der Waals surface area contributed by atoms with Gasteiger partial charge < -0.3 is 9.47 Å². The number of nitrogens with zero attached hydrogens (tertiary/aromatic N) is 2. The molecule has 2 aliphatic rings. The second-order valence-corrected chi connectivity index (χ2v) is 7.34. The van der Waals surface area contributed by atoms with Gasteiger partial charge >= 0.3 is 0 Å². The molecule has 2 aromatic carbocycles. The Bertz CT molecular complexity index is 798. The second-order valence-electron chi connectivity index (χ2n) is 7.34. The molecule has 2 aromatic rings. The summed E-state index contributed by atoms with van der Waals surface area (Å²) >= 11 is 0. The summed E-state index contributed by atoms with van der Waals surface area (Å²) in [5.41, 5.74) is 3.51. The summed E-state index contributed by atoms with van der Waals surface area (Å²) in [6.07, 6.45) is 1.86. The molecule has 0 saturated heterocycles. The Morgan fingerprint density at radius 1 is 1.15 bits per heavy atom. The highest BCUT2D eigenvalue weighted by molar-refractivity contribution is 6.02. The van der Waals surface area contributed by atoms with Crippen molar-refractivity contribution in [3.05, 3.63) is 59.7 Å². The van der Waals surface area contributed by atoms with E-state index in [-0.39, 0.29) is 12.3 Å². The Labute approximate surface area is 155 Å². The minimum absolute atomic E-state index is 0.00454. The van der Waals surface area contributed by atoms with Crippen molar-refractivity contribution in [2.45, 2.75) is 45.9 Å². The fraction of sp³-hybridized carbons (Fsp3) is 0.409. The van der Waals surface area contributed by atoms with Crippen LogP contribution >= 0.6 is 0 Å². The van der Waals surface area contributed by atoms with Crippen LogP contribution in [0.15, 0.2) is 53.6 Å². The SMILES string of the molecule is CCOc1ccc(C2=NN3[C@H](C2)c2ccccc2O[C@@H]3CC(C)C)cc1. The van der Waals surface area contributed by atoms with Gasteiger partial charge in [0, 0.05) is 18.4 Å². The molecule has 2 aliphatic heterocycles. The molecular formula is C22H26N2O2. The van der Waals surface area contributed by atoms with Crippen molar-refractivity contribution < 1.29 is 9.47 Å². The van der Waals surface area contributed by atoms with Crippen LogP contribution in [-0.2, 0) is 0 Å². The first-order valence-electron chi connectivity index (χ1n) is 9.50. The van der Waals surface area contributed by atoms with E-state index in [0.29, 0.717) is 12.5 Å². The minimum atomic E-state index is -0.00454. The number of ether oxygens (including phenoxy) is 2. The lowest BCUT2D eigenvalue weighted by Gasteiger charge is -2.38. The van der Waals surface area contributed by atoms with Crippen LogP contribution in [0, 0.1) is 5.92 Å². The molecule has 26 heavy (non-hydrogen) atoms. The van der Waals surface area contributed by atoms with Crippen molar-refractivity contribution in [2.24, 2.45) is 11.0 Å². The van der Waals surface area contributed by atoms with Crippen LogP contribution in [-0.4, -0.2) is 23.6 Å². The summed E-state index contributed by atoms with van der Waals surface area (Å²) in [6, 6.07) is 16.9. The number of hydrogen-bond donors (Lipinski definition) is 0. The van der Waals surface area contributed by atoms with Crippen molar-refractivity contribution in [1.29, 1.82) is 0 Å². The normalized spacial score (nSPS) is 21.1. The quantitative estimate of drug-likeness (QED) is 0.761. The Kier molecular flexibility index (Phi) is 4.58. The highest BCUT2D eigenvalue weighted by atomic mass is 16.5. The molecule has 0 amide bonds. The van der Waals surface area contributed by atoms with Crippen LogP contribution in [0.5, 0.6) is 11.5 Å². The lowest BCUT2D eigenvalue weighted by Crippen LogP contribution is -2.41. The molecular weight excluding hydrogens is 324 g/mol. The van der Waals surface area contributed by atoms with Gasteiger partial charge in [0.1, 0.15) is 11.5 Å². The molecule has 0 radical (unpaired) electrons. The van der Waals surface area contributed by atoms with Gasteiger partial charge in [-0.15, -0.1) is 0 Å². The third-order valence-electron chi connectivity index (χ3n) is 4.95. The van der Waals surface area contributed by atoms with E-state index in [9.17, 15) is 0 Å². The van der Waals surface area contributed by atoms with Crippen molar-refractivity contribution in [3.63, 3.8) is 0 Å². The van der Waals surface area contributed by atoms with Gasteiger partial charge in [-0.1, -0.05) is 32.0 Å². The second kappa shape index (κ2) is 7.02. The predicted octanol–water partition coefficient (Wildman–Crippen LogP) is 5.00. The molecule has 0 N–H and O–H groups in total. The van der Waals surface area contributed by atoms with Crippen LogP contribution < -0.4 is 9.47 Å². The summed E-state index contributed by atoms with van der Waals surface area (Å²) in [5.74, 6) is 2.46. The maximum Gasteiger partial charge on any atom is 0.188 e. The third kappa shape index (κ3) is 3.16. The molecule has 4 rings (SSSR count). The van der Waals surface area contributed by atoms with Crippen molar-refractivity contribution in [1.82, 2.24) is 5.01 Å². The van der Waals surface area contributed by atoms with E-state index < -0.39 is 0 Å². The van der Waals surface area contributed by atoms with E-state index >= 15 is 0 Å². The molecule has 0 aromatic heterocycles. The third-order valence-corrected chi connectivity index (χ3v) is 4.95. The van der Waals surface area contributed by atoms with Crippen molar-refractivity contribution in [3.8, 4) is 11.5 Å². The zero-order valence-electron chi connectivity index (χ0n) is 15.7. The molecule has 4 nitrogen and oxygen atoms in total. The summed E-state index contributed by atoms with van der Waals surface area (Å²) in [7, 11) is 0. The summed E-state index contributed by atoms with van der Waals surface area (Å²) in [4.78, 5) is 0. The molecule has 136 valence electrons. The lowest BCUT2D eigenvalue weighted by molar-refractivity contribution is -0.0291. The van der Waals surface area contributed by atoms with Crippen LogP contribution in [0.25, 0.3) is 0 Å². The van der Waals surface area contributed by atoms with Crippen LogP contribution in [0.1, 0.15) is 50.8 Å². The zero-order valence-corrected chi connectivity index (χ0v) is 15.7. The Morgan fingerprint density at radius 2 is 1.92 bits per heavy atom. The first-order valence-corrected chi connectivity index (χ1v) is 9.50. The molecule has 0 aliphatic carbocycles. The van der Waals surface area contributed by atoms with E-state index in [2.05, 4.69) is 49.2 Å². The van der Waals surface area contributed by atoms with E-state index in [1.54, 1.807) is 0 Å². The van der Waals surface area contributed by atoms with E-state index in [0.717, 1.165) is 35.6 Å². The van der Waals surface area contributed by atoms with Gasteiger partial charge in [-0.2, -0.15) is 5.10 Å². The summed E-state index contributed by atoms with van der Waals surface area (Å²) in [5, 5.41) is 7.15. The van der Waals surface area contributed by atoms with Gasteiger partial charge in [0.05, 0.1) is 18.4 Å². The standard InChI is InChI=1S/C22H26N2O2/c1-4-25-17-11-9-16(10-12-17)19-14-20-18-7-5-6-8-21(18)26-22(13-15(2)3)24(20)23-19/h5-12,15,20,22H,4,13-14H2,1-3H3/t20-,22-/m1/s1. The first kappa shape index (κ1) is 17.0. The number of hydrogen-bond acceptors (Lipinski definition) is 4. The zero-order chi connectivity index (χ0) is 18.1. The minimum Gasteiger partial charge on any atom is -0.494 e. The maximum atomic E-state index is 6.29. The topological polar surface area (TPSA) is 34.1 Å². The number of para-hydroxylation sites is 1. The largest absolute Gasteiger partial charge is 0.494 e. The number of hydrazone groups is 1. The van der Waals surface area contributed by atoms with E-state index in [1.165, 1.54) is 5.56 Å². The Morgan fingerprint density at radius 3 is 2.65 bits per heavy atom. The first-order chi connectivity index (χ1) is 12.7. The van der Waals surface area contributed by atoms with Crippen LogP contribution in [0.2, 0.25) is 0 Å². The highest BCUT2D eigenvalue weighted by Gasteiger charge is 2.40. The maximum absolute atomic E-state index is 6.29. The van der Waals surface area contributed by atoms with E-state index in [4.69, 9.17) is 14.6 Å². The van der Waals surface area contributed by atoms with Gasteiger partial charge in [-0.3, -0.25) is 5.01 Å². The Hall–Kier alpha value is -2.49. The molecule has 4 heteroatoms. The average Bonchev–Trinajstić information content (AvgIpc) is 3.08. The fourth-order valence-corrected chi connectivity index (χ4v) is 3.75. The summed E-state index contributed by atoms with van der Waals surface area (Å²) in [6.45, 7) is 7.14. The average molecular weight is 350 g/mol. The van der Waals surface area contributed by atoms with Crippen LogP contribution in [0.3, 0.4) is 0 Å². The van der Waals surface area contributed by atoms with Crippen LogP contribution in [0.4, 0.5) is 0 Å². The molecule has 0 spiro atoms. The van der Waals surface area contributed by atoms with Crippen molar-refractivity contribution >= 4 is 5.71 Å². The van der Waals surface area contributed by atoms with E-state index in [1.807, 2.05) is 25.1 Å².